The van der Waals surface area contributed by atoms with Crippen molar-refractivity contribution in [2.75, 3.05) is 17.7 Å². The summed E-state index contributed by atoms with van der Waals surface area (Å²) < 4.78 is 0. The summed E-state index contributed by atoms with van der Waals surface area (Å²) in [6.07, 6.45) is 1.82. The van der Waals surface area contributed by atoms with Crippen LogP contribution < -0.4 is 10.6 Å². The Hall–Kier alpha value is -1.69. The third-order valence-corrected chi connectivity index (χ3v) is 4.02. The lowest BCUT2D eigenvalue weighted by Gasteiger charge is -2.25. The molecular formula is C14H21N5S. The van der Waals surface area contributed by atoms with Crippen LogP contribution in [0.25, 0.3) is 0 Å². The van der Waals surface area contributed by atoms with Crippen molar-refractivity contribution in [2.24, 2.45) is 0 Å². The molecule has 2 N–H and O–H groups in total. The molecule has 0 aromatic carbocycles. The van der Waals surface area contributed by atoms with E-state index in [0.29, 0.717) is 0 Å². The van der Waals surface area contributed by atoms with Crippen LogP contribution in [0.3, 0.4) is 0 Å². The molecule has 6 heteroatoms. The van der Waals surface area contributed by atoms with Crippen molar-refractivity contribution in [2.45, 2.75) is 39.2 Å². The van der Waals surface area contributed by atoms with Gasteiger partial charge in [-0.05, 0) is 13.8 Å². The standard InChI is InChI=1S/C14H21N5S/c1-9(2)12-17-10(15-5)8-11(18-12)19-14(3,4)13-16-6-7-20-13/h6-9H,1-5H3,(H2,15,17,18,19). The zero-order chi connectivity index (χ0) is 14.8. The molecule has 0 spiro atoms. The summed E-state index contributed by atoms with van der Waals surface area (Å²) in [5.41, 5.74) is -0.262. The highest BCUT2D eigenvalue weighted by Gasteiger charge is 2.24. The monoisotopic (exact) mass is 291 g/mol. The summed E-state index contributed by atoms with van der Waals surface area (Å²) in [6.45, 7) is 8.37. The Kier molecular flexibility index (Phi) is 4.23. The van der Waals surface area contributed by atoms with Crippen molar-refractivity contribution in [3.05, 3.63) is 28.5 Å². The lowest BCUT2D eigenvalue weighted by atomic mass is 10.1. The molecule has 0 saturated carbocycles. The normalized spacial score (nSPS) is 11.7. The van der Waals surface area contributed by atoms with Gasteiger partial charge >= 0.3 is 0 Å². The van der Waals surface area contributed by atoms with Crippen LogP contribution in [0.1, 0.15) is 44.4 Å². The van der Waals surface area contributed by atoms with E-state index in [1.54, 1.807) is 11.3 Å². The van der Waals surface area contributed by atoms with Gasteiger partial charge in [0.05, 0.1) is 5.54 Å². The van der Waals surface area contributed by atoms with E-state index in [-0.39, 0.29) is 11.5 Å². The van der Waals surface area contributed by atoms with Crippen molar-refractivity contribution in [1.29, 1.82) is 0 Å². The maximum absolute atomic E-state index is 4.59. The minimum absolute atomic E-state index is 0.262. The predicted molar refractivity (Wildman–Crippen MR) is 84.4 cm³/mol. The van der Waals surface area contributed by atoms with Crippen molar-refractivity contribution < 1.29 is 0 Å². The van der Waals surface area contributed by atoms with Crippen LogP contribution in [0, 0.1) is 0 Å². The number of hydrogen-bond donors (Lipinski definition) is 2. The van der Waals surface area contributed by atoms with Gasteiger partial charge in [0.25, 0.3) is 0 Å². The fourth-order valence-corrected chi connectivity index (χ4v) is 2.54. The highest BCUT2D eigenvalue weighted by Crippen LogP contribution is 2.27. The van der Waals surface area contributed by atoms with Gasteiger partial charge in [-0.1, -0.05) is 13.8 Å². The van der Waals surface area contributed by atoms with Gasteiger partial charge in [0.1, 0.15) is 22.5 Å². The SMILES string of the molecule is CNc1cc(NC(C)(C)c2nccs2)nc(C(C)C)n1. The Morgan fingerprint density at radius 3 is 2.45 bits per heavy atom. The van der Waals surface area contributed by atoms with Crippen LogP contribution in [0.5, 0.6) is 0 Å². The van der Waals surface area contributed by atoms with E-state index in [4.69, 9.17) is 0 Å². The minimum atomic E-state index is -0.262. The number of anilines is 2. The number of aromatic nitrogens is 3. The maximum atomic E-state index is 4.59. The number of nitrogens with one attached hydrogen (secondary N) is 2. The van der Waals surface area contributed by atoms with Crippen molar-refractivity contribution >= 4 is 23.0 Å². The predicted octanol–water partition coefficient (Wildman–Crippen LogP) is 3.45. The van der Waals surface area contributed by atoms with Gasteiger partial charge in [0.15, 0.2) is 0 Å². The van der Waals surface area contributed by atoms with Crippen LogP contribution in [-0.4, -0.2) is 22.0 Å². The van der Waals surface area contributed by atoms with Gasteiger partial charge in [-0.15, -0.1) is 11.3 Å². The van der Waals surface area contributed by atoms with Gasteiger partial charge in [0.2, 0.25) is 0 Å². The number of hydrogen-bond acceptors (Lipinski definition) is 6. The maximum Gasteiger partial charge on any atom is 0.135 e. The van der Waals surface area contributed by atoms with E-state index in [9.17, 15) is 0 Å². The molecule has 20 heavy (non-hydrogen) atoms. The fraction of sp³-hybridized carbons (Fsp3) is 0.500. The third-order valence-electron chi connectivity index (χ3n) is 2.92. The molecule has 0 atom stereocenters. The van der Waals surface area contributed by atoms with Gasteiger partial charge in [-0.2, -0.15) is 0 Å². The summed E-state index contributed by atoms with van der Waals surface area (Å²) >= 11 is 1.64. The number of nitrogens with zero attached hydrogens (tertiary/aromatic N) is 3. The molecule has 0 radical (unpaired) electrons. The Morgan fingerprint density at radius 2 is 1.90 bits per heavy atom. The fourth-order valence-electron chi connectivity index (χ4n) is 1.82. The Morgan fingerprint density at radius 1 is 1.20 bits per heavy atom. The first-order valence-electron chi connectivity index (χ1n) is 6.67. The van der Waals surface area contributed by atoms with E-state index in [1.807, 2.05) is 24.7 Å². The molecule has 2 aromatic rings. The van der Waals surface area contributed by atoms with Gasteiger partial charge < -0.3 is 10.6 Å². The van der Waals surface area contributed by atoms with Gasteiger partial charge in [-0.25, -0.2) is 15.0 Å². The van der Waals surface area contributed by atoms with Crippen LogP contribution >= 0.6 is 11.3 Å². The largest absolute Gasteiger partial charge is 0.373 e. The molecule has 0 aliphatic carbocycles. The number of thiazole rings is 1. The second kappa shape index (κ2) is 5.75. The summed E-state index contributed by atoms with van der Waals surface area (Å²) in [5.74, 6) is 2.75. The minimum Gasteiger partial charge on any atom is -0.373 e. The van der Waals surface area contributed by atoms with Crippen LogP contribution in [-0.2, 0) is 5.54 Å². The van der Waals surface area contributed by atoms with E-state index in [1.165, 1.54) is 0 Å². The average Bonchev–Trinajstić information content (AvgIpc) is 2.92. The first-order valence-corrected chi connectivity index (χ1v) is 7.55. The molecule has 0 unspecified atom stereocenters. The lowest BCUT2D eigenvalue weighted by molar-refractivity contribution is 0.599. The van der Waals surface area contributed by atoms with Crippen molar-refractivity contribution in [1.82, 2.24) is 15.0 Å². The van der Waals surface area contributed by atoms with E-state index >= 15 is 0 Å². The first-order chi connectivity index (χ1) is 9.42. The lowest BCUT2D eigenvalue weighted by Crippen LogP contribution is -2.28. The van der Waals surface area contributed by atoms with Crippen molar-refractivity contribution in [3.63, 3.8) is 0 Å². The van der Waals surface area contributed by atoms with Gasteiger partial charge in [-0.3, -0.25) is 0 Å². The van der Waals surface area contributed by atoms with E-state index in [2.05, 4.69) is 53.3 Å². The molecule has 0 aliphatic rings. The molecule has 0 bridgehead atoms. The zero-order valence-electron chi connectivity index (χ0n) is 12.6. The second-order valence-electron chi connectivity index (χ2n) is 5.49. The molecule has 2 rings (SSSR count). The molecule has 0 aliphatic heterocycles. The Bertz CT molecular complexity index is 563. The average molecular weight is 291 g/mol. The summed E-state index contributed by atoms with van der Waals surface area (Å²) in [5, 5.41) is 9.55. The van der Waals surface area contributed by atoms with Crippen LogP contribution in [0.4, 0.5) is 11.6 Å². The number of rotatable bonds is 5. The molecular weight excluding hydrogens is 270 g/mol. The Labute approximate surface area is 123 Å². The van der Waals surface area contributed by atoms with E-state index in [0.717, 1.165) is 22.5 Å². The highest BCUT2D eigenvalue weighted by molar-refractivity contribution is 7.09. The third kappa shape index (κ3) is 3.25. The van der Waals surface area contributed by atoms with Crippen molar-refractivity contribution in [3.8, 4) is 0 Å². The molecule has 2 heterocycles. The highest BCUT2D eigenvalue weighted by atomic mass is 32.1. The quantitative estimate of drug-likeness (QED) is 0.883. The summed E-state index contributed by atoms with van der Waals surface area (Å²) in [7, 11) is 1.86. The topological polar surface area (TPSA) is 62.7 Å². The van der Waals surface area contributed by atoms with Crippen LogP contribution in [0.15, 0.2) is 17.6 Å². The molecule has 5 nitrogen and oxygen atoms in total. The molecule has 2 aromatic heterocycles. The first kappa shape index (κ1) is 14.7. The molecule has 0 saturated heterocycles. The van der Waals surface area contributed by atoms with E-state index < -0.39 is 0 Å². The zero-order valence-corrected chi connectivity index (χ0v) is 13.4. The Balaban J connectivity index is 2.31. The molecule has 108 valence electrons. The summed E-state index contributed by atoms with van der Waals surface area (Å²) in [4.78, 5) is 13.4. The smallest absolute Gasteiger partial charge is 0.135 e. The molecule has 0 fully saturated rings. The van der Waals surface area contributed by atoms with Gasteiger partial charge in [0, 0.05) is 30.6 Å². The second-order valence-corrected chi connectivity index (χ2v) is 6.38. The molecule has 0 amide bonds. The van der Waals surface area contributed by atoms with Crippen LogP contribution in [0.2, 0.25) is 0 Å². The summed E-state index contributed by atoms with van der Waals surface area (Å²) in [6, 6.07) is 1.92.